The van der Waals surface area contributed by atoms with E-state index in [2.05, 4.69) is 5.10 Å². The average molecular weight is 233 g/mol. The van der Waals surface area contributed by atoms with Crippen molar-refractivity contribution in [2.24, 2.45) is 7.05 Å². The molecule has 0 unspecified atom stereocenters. The molecule has 1 aromatic carbocycles. The molecule has 0 aliphatic carbocycles. The van der Waals surface area contributed by atoms with E-state index in [1.165, 1.54) is 6.07 Å². The number of aryl methyl sites for hydroxylation is 1. The lowest BCUT2D eigenvalue weighted by atomic mass is 9.98. The number of benzene rings is 1. The standard InChI is InChI=1S/C13H16FN3/c1-8(2)10-6-9(4-5-12(10)14)11-7-16-17(3)13(11)15/h4-8H,15H2,1-3H3. The van der Waals surface area contributed by atoms with Gasteiger partial charge < -0.3 is 5.73 Å². The summed E-state index contributed by atoms with van der Waals surface area (Å²) in [5, 5.41) is 4.09. The number of aromatic nitrogens is 2. The van der Waals surface area contributed by atoms with Gasteiger partial charge in [0, 0.05) is 12.6 Å². The van der Waals surface area contributed by atoms with Gasteiger partial charge in [0.05, 0.1) is 6.20 Å². The van der Waals surface area contributed by atoms with Crippen molar-refractivity contribution in [2.45, 2.75) is 19.8 Å². The number of nitrogen functional groups attached to an aromatic ring is 1. The van der Waals surface area contributed by atoms with Crippen LogP contribution in [0.15, 0.2) is 24.4 Å². The number of hydrogen-bond donors (Lipinski definition) is 1. The fourth-order valence-electron chi connectivity index (χ4n) is 1.82. The van der Waals surface area contributed by atoms with E-state index < -0.39 is 0 Å². The highest BCUT2D eigenvalue weighted by atomic mass is 19.1. The van der Waals surface area contributed by atoms with Crippen LogP contribution in [0.5, 0.6) is 0 Å². The molecule has 3 nitrogen and oxygen atoms in total. The molecule has 0 atom stereocenters. The van der Waals surface area contributed by atoms with Gasteiger partial charge in [-0.15, -0.1) is 0 Å². The first-order valence-electron chi connectivity index (χ1n) is 5.58. The molecule has 0 fully saturated rings. The van der Waals surface area contributed by atoms with Crippen LogP contribution in [-0.2, 0) is 7.05 Å². The molecule has 1 aromatic heterocycles. The van der Waals surface area contributed by atoms with Gasteiger partial charge in [-0.1, -0.05) is 19.9 Å². The van der Waals surface area contributed by atoms with Crippen molar-refractivity contribution in [1.29, 1.82) is 0 Å². The van der Waals surface area contributed by atoms with Crippen molar-refractivity contribution in [1.82, 2.24) is 9.78 Å². The van der Waals surface area contributed by atoms with Crippen molar-refractivity contribution in [3.05, 3.63) is 35.8 Å². The van der Waals surface area contributed by atoms with Gasteiger partial charge in [0.1, 0.15) is 11.6 Å². The molecular weight excluding hydrogens is 217 g/mol. The van der Waals surface area contributed by atoms with E-state index in [1.54, 1.807) is 24.0 Å². The highest BCUT2D eigenvalue weighted by molar-refractivity contribution is 5.74. The van der Waals surface area contributed by atoms with E-state index in [4.69, 9.17) is 5.73 Å². The zero-order chi connectivity index (χ0) is 12.6. The summed E-state index contributed by atoms with van der Waals surface area (Å²) in [6.07, 6.45) is 1.70. The first-order chi connectivity index (χ1) is 8.00. The van der Waals surface area contributed by atoms with Crippen LogP contribution in [-0.4, -0.2) is 9.78 Å². The molecule has 0 amide bonds. The molecule has 2 rings (SSSR count). The number of hydrogen-bond acceptors (Lipinski definition) is 2. The van der Waals surface area contributed by atoms with E-state index in [-0.39, 0.29) is 11.7 Å². The van der Waals surface area contributed by atoms with Crippen molar-refractivity contribution in [3.8, 4) is 11.1 Å². The minimum atomic E-state index is -0.175. The van der Waals surface area contributed by atoms with E-state index in [0.29, 0.717) is 11.4 Å². The van der Waals surface area contributed by atoms with Crippen molar-refractivity contribution in [3.63, 3.8) is 0 Å². The molecule has 0 saturated carbocycles. The van der Waals surface area contributed by atoms with Crippen LogP contribution in [0, 0.1) is 5.82 Å². The van der Waals surface area contributed by atoms with Gasteiger partial charge >= 0.3 is 0 Å². The molecule has 90 valence electrons. The molecule has 0 aliphatic rings. The van der Waals surface area contributed by atoms with E-state index >= 15 is 0 Å². The maximum atomic E-state index is 13.6. The van der Waals surface area contributed by atoms with Gasteiger partial charge in [0.25, 0.3) is 0 Å². The largest absolute Gasteiger partial charge is 0.383 e. The molecule has 0 aliphatic heterocycles. The van der Waals surface area contributed by atoms with Crippen molar-refractivity contribution >= 4 is 5.82 Å². The van der Waals surface area contributed by atoms with Crippen LogP contribution in [0.2, 0.25) is 0 Å². The molecule has 2 N–H and O–H groups in total. The Labute approximate surface area is 100 Å². The zero-order valence-corrected chi connectivity index (χ0v) is 10.2. The van der Waals surface area contributed by atoms with Crippen LogP contribution >= 0.6 is 0 Å². The molecule has 2 aromatic rings. The molecule has 1 heterocycles. The highest BCUT2D eigenvalue weighted by Gasteiger charge is 2.12. The summed E-state index contributed by atoms with van der Waals surface area (Å²) in [6, 6.07) is 5.05. The van der Waals surface area contributed by atoms with Gasteiger partial charge in [-0.25, -0.2) is 4.39 Å². The molecule has 0 bridgehead atoms. The smallest absolute Gasteiger partial charge is 0.129 e. The van der Waals surface area contributed by atoms with Gasteiger partial charge in [-0.3, -0.25) is 4.68 Å². The lowest BCUT2D eigenvalue weighted by Crippen LogP contribution is -1.99. The van der Waals surface area contributed by atoms with Crippen LogP contribution in [0.4, 0.5) is 10.2 Å². The Morgan fingerprint density at radius 1 is 1.35 bits per heavy atom. The zero-order valence-electron chi connectivity index (χ0n) is 10.2. The Morgan fingerprint density at radius 2 is 2.06 bits per heavy atom. The third-order valence-electron chi connectivity index (χ3n) is 2.91. The Bertz CT molecular complexity index is 544. The van der Waals surface area contributed by atoms with Gasteiger partial charge in [0.2, 0.25) is 0 Å². The average Bonchev–Trinajstić information content (AvgIpc) is 2.60. The normalized spacial score (nSPS) is 11.1. The van der Waals surface area contributed by atoms with E-state index in [0.717, 1.165) is 11.1 Å². The van der Waals surface area contributed by atoms with Crippen LogP contribution < -0.4 is 5.73 Å². The lowest BCUT2D eigenvalue weighted by molar-refractivity contribution is 0.598. The monoisotopic (exact) mass is 233 g/mol. The third-order valence-corrected chi connectivity index (χ3v) is 2.91. The summed E-state index contributed by atoms with van der Waals surface area (Å²) < 4.78 is 15.2. The molecular formula is C13H16FN3. The molecule has 0 saturated heterocycles. The second kappa shape index (κ2) is 4.20. The van der Waals surface area contributed by atoms with Crippen molar-refractivity contribution < 1.29 is 4.39 Å². The Morgan fingerprint density at radius 3 is 2.59 bits per heavy atom. The van der Waals surface area contributed by atoms with Crippen LogP contribution in [0.1, 0.15) is 25.3 Å². The second-order valence-corrected chi connectivity index (χ2v) is 4.46. The first kappa shape index (κ1) is 11.6. The molecule has 0 radical (unpaired) electrons. The molecule has 0 spiro atoms. The maximum Gasteiger partial charge on any atom is 0.129 e. The Balaban J connectivity index is 2.54. The maximum absolute atomic E-state index is 13.6. The molecule has 17 heavy (non-hydrogen) atoms. The van der Waals surface area contributed by atoms with E-state index in [9.17, 15) is 4.39 Å². The fraction of sp³-hybridized carbons (Fsp3) is 0.308. The lowest BCUT2D eigenvalue weighted by Gasteiger charge is -2.09. The summed E-state index contributed by atoms with van der Waals surface area (Å²) in [6.45, 7) is 3.93. The minimum Gasteiger partial charge on any atom is -0.383 e. The SMILES string of the molecule is CC(C)c1cc(-c2cnn(C)c2N)ccc1F. The van der Waals surface area contributed by atoms with Crippen LogP contribution in [0.25, 0.3) is 11.1 Å². The predicted octanol–water partition coefficient (Wildman–Crippen LogP) is 2.93. The number of rotatable bonds is 2. The van der Waals surface area contributed by atoms with Gasteiger partial charge in [-0.05, 0) is 29.2 Å². The summed E-state index contributed by atoms with van der Waals surface area (Å²) >= 11 is 0. The highest BCUT2D eigenvalue weighted by Crippen LogP contribution is 2.29. The van der Waals surface area contributed by atoms with Crippen LogP contribution in [0.3, 0.4) is 0 Å². The summed E-state index contributed by atoms with van der Waals surface area (Å²) in [4.78, 5) is 0. The van der Waals surface area contributed by atoms with E-state index in [1.807, 2.05) is 19.9 Å². The van der Waals surface area contributed by atoms with Crippen molar-refractivity contribution in [2.75, 3.05) is 5.73 Å². The fourth-order valence-corrected chi connectivity index (χ4v) is 1.82. The molecule has 4 heteroatoms. The predicted molar refractivity (Wildman–Crippen MR) is 67.1 cm³/mol. The Hall–Kier alpha value is -1.84. The number of nitrogens with zero attached hydrogens (tertiary/aromatic N) is 2. The summed E-state index contributed by atoms with van der Waals surface area (Å²) in [5.74, 6) is 0.561. The topological polar surface area (TPSA) is 43.8 Å². The van der Waals surface area contributed by atoms with Gasteiger partial charge in [0.15, 0.2) is 0 Å². The first-order valence-corrected chi connectivity index (χ1v) is 5.58. The quantitative estimate of drug-likeness (QED) is 0.866. The summed E-state index contributed by atoms with van der Waals surface area (Å²) in [7, 11) is 1.78. The minimum absolute atomic E-state index is 0.146. The number of nitrogens with two attached hydrogens (primary N) is 1. The van der Waals surface area contributed by atoms with Gasteiger partial charge in [-0.2, -0.15) is 5.10 Å². The second-order valence-electron chi connectivity index (χ2n) is 4.46. The number of halogens is 1. The Kier molecular flexibility index (Phi) is 2.88. The summed E-state index contributed by atoms with van der Waals surface area (Å²) in [5.41, 5.74) is 8.35. The number of anilines is 1. The third kappa shape index (κ3) is 2.02.